The van der Waals surface area contributed by atoms with Gasteiger partial charge in [0.05, 0.1) is 0 Å². The van der Waals surface area contributed by atoms with Gasteiger partial charge in [-0.25, -0.2) is 0 Å². The third-order valence-electron chi connectivity index (χ3n) is 9.26. The summed E-state index contributed by atoms with van der Waals surface area (Å²) in [4.78, 5) is 37.8. The van der Waals surface area contributed by atoms with Crippen LogP contribution in [0, 0.1) is 0 Å². The summed E-state index contributed by atoms with van der Waals surface area (Å²) in [7, 11) is 0. The van der Waals surface area contributed by atoms with E-state index >= 15 is 0 Å². The van der Waals surface area contributed by atoms with Gasteiger partial charge in [-0.2, -0.15) is 0 Å². The SMILES string of the molecule is CC/C=C\C/C=C\C/C=C\C/C=C\CCCCCCC(=O)OCC(COC(=O)CCCCCCC/C=C\CCCC)OC(=O)CC/C=C\C/C=C\C/C=C\C/C=C\CC. The zero-order valence-corrected chi connectivity index (χ0v) is 37.7. The van der Waals surface area contributed by atoms with Crippen molar-refractivity contribution in [2.45, 2.75) is 194 Å². The lowest BCUT2D eigenvalue weighted by Gasteiger charge is -2.18. The smallest absolute Gasteiger partial charge is 0.306 e. The van der Waals surface area contributed by atoms with Gasteiger partial charge in [-0.15, -0.1) is 0 Å². The van der Waals surface area contributed by atoms with Crippen molar-refractivity contribution in [3.8, 4) is 0 Å². The highest BCUT2D eigenvalue weighted by molar-refractivity contribution is 5.71. The fraction of sp³-hybridized carbons (Fsp3) is 0.604. The van der Waals surface area contributed by atoms with Crippen LogP contribution in [0.4, 0.5) is 0 Å². The summed E-state index contributed by atoms with van der Waals surface area (Å²) in [5.41, 5.74) is 0. The average molecular weight is 817 g/mol. The van der Waals surface area contributed by atoms with E-state index < -0.39 is 12.1 Å². The Balaban J connectivity index is 4.54. The molecule has 0 fully saturated rings. The molecule has 0 aromatic carbocycles. The van der Waals surface area contributed by atoms with Gasteiger partial charge >= 0.3 is 17.9 Å². The van der Waals surface area contributed by atoms with Crippen molar-refractivity contribution in [2.24, 2.45) is 0 Å². The Morgan fingerprint density at radius 1 is 0.356 bits per heavy atom. The predicted molar refractivity (Wildman–Crippen MR) is 251 cm³/mol. The first kappa shape index (κ1) is 55.1. The van der Waals surface area contributed by atoms with Crippen LogP contribution in [0.3, 0.4) is 0 Å². The van der Waals surface area contributed by atoms with Gasteiger partial charge in [0.15, 0.2) is 6.10 Å². The van der Waals surface area contributed by atoms with E-state index in [2.05, 4.69) is 118 Å². The van der Waals surface area contributed by atoms with Crippen LogP contribution in [-0.4, -0.2) is 37.2 Å². The molecule has 0 aromatic heterocycles. The maximum atomic E-state index is 12.7. The van der Waals surface area contributed by atoms with Crippen molar-refractivity contribution in [1.29, 1.82) is 0 Å². The van der Waals surface area contributed by atoms with Gasteiger partial charge in [0.2, 0.25) is 0 Å². The highest BCUT2D eigenvalue weighted by Crippen LogP contribution is 2.11. The molecule has 0 aromatic rings. The zero-order valence-electron chi connectivity index (χ0n) is 37.7. The standard InChI is InChI=1S/C53H84O6/c1-4-7-10-13-16-19-22-24-25-26-27-29-31-34-37-40-43-46-52(55)58-49-50(48-57-51(54)45-42-39-36-33-30-21-18-15-12-9-6-3)59-53(56)47-44-41-38-35-32-28-23-20-17-14-11-8-5-2/h7-8,10-11,15-20,24-25,27-29,32,38,41,50H,4-6,9,12-14,21-23,26,30-31,33-37,39-40,42-49H2,1-3H3/b10-7-,11-8-,18-15-,19-16-,20-17-,25-24-,29-27-,32-28-,41-38-. The summed E-state index contributed by atoms with van der Waals surface area (Å²) < 4.78 is 16.6. The highest BCUT2D eigenvalue weighted by atomic mass is 16.6. The van der Waals surface area contributed by atoms with E-state index in [0.29, 0.717) is 19.3 Å². The maximum absolute atomic E-state index is 12.7. The Morgan fingerprint density at radius 3 is 1.12 bits per heavy atom. The van der Waals surface area contributed by atoms with E-state index in [1.807, 2.05) is 12.2 Å². The predicted octanol–water partition coefficient (Wildman–Crippen LogP) is 15.2. The van der Waals surface area contributed by atoms with Crippen molar-refractivity contribution in [3.63, 3.8) is 0 Å². The second-order valence-corrected chi connectivity index (χ2v) is 14.9. The average Bonchev–Trinajstić information content (AvgIpc) is 3.23. The van der Waals surface area contributed by atoms with Crippen molar-refractivity contribution in [3.05, 3.63) is 109 Å². The van der Waals surface area contributed by atoms with Gasteiger partial charge < -0.3 is 14.2 Å². The number of esters is 3. The molecule has 0 saturated heterocycles. The number of hydrogen-bond acceptors (Lipinski definition) is 6. The molecule has 0 amide bonds. The largest absolute Gasteiger partial charge is 0.462 e. The molecule has 332 valence electrons. The van der Waals surface area contributed by atoms with Crippen LogP contribution in [-0.2, 0) is 28.6 Å². The number of carbonyl (C=O) groups excluding carboxylic acids is 3. The molecule has 6 heteroatoms. The van der Waals surface area contributed by atoms with E-state index in [0.717, 1.165) is 116 Å². The third-order valence-corrected chi connectivity index (χ3v) is 9.26. The molecule has 0 aliphatic carbocycles. The summed E-state index contributed by atoms with van der Waals surface area (Å²) in [6.07, 6.45) is 62.3. The van der Waals surface area contributed by atoms with E-state index in [9.17, 15) is 14.4 Å². The normalized spacial score (nSPS) is 13.1. The van der Waals surface area contributed by atoms with Crippen molar-refractivity contribution in [1.82, 2.24) is 0 Å². The first-order chi connectivity index (χ1) is 29.0. The van der Waals surface area contributed by atoms with Gasteiger partial charge in [0.25, 0.3) is 0 Å². The van der Waals surface area contributed by atoms with Crippen molar-refractivity contribution >= 4 is 17.9 Å². The quantitative estimate of drug-likeness (QED) is 0.0265. The molecule has 0 heterocycles. The van der Waals surface area contributed by atoms with E-state index in [1.54, 1.807) is 0 Å². The van der Waals surface area contributed by atoms with Gasteiger partial charge in [-0.3, -0.25) is 14.4 Å². The number of rotatable bonds is 40. The number of carbonyl (C=O) groups is 3. The summed E-state index contributed by atoms with van der Waals surface area (Å²) in [6.45, 7) is 6.25. The highest BCUT2D eigenvalue weighted by Gasteiger charge is 2.19. The molecule has 6 nitrogen and oxygen atoms in total. The van der Waals surface area contributed by atoms with E-state index in [4.69, 9.17) is 14.2 Å². The topological polar surface area (TPSA) is 78.9 Å². The molecule has 59 heavy (non-hydrogen) atoms. The van der Waals surface area contributed by atoms with Gasteiger partial charge in [0, 0.05) is 19.3 Å². The minimum absolute atomic E-state index is 0.122. The van der Waals surface area contributed by atoms with E-state index in [-0.39, 0.29) is 31.6 Å². The van der Waals surface area contributed by atoms with E-state index in [1.165, 1.54) is 25.7 Å². The van der Waals surface area contributed by atoms with Crippen LogP contribution in [0.1, 0.15) is 188 Å². The molecular weight excluding hydrogens is 733 g/mol. The minimum Gasteiger partial charge on any atom is -0.462 e. The first-order valence-electron chi connectivity index (χ1n) is 23.4. The summed E-state index contributed by atoms with van der Waals surface area (Å²) in [6, 6.07) is 0. The summed E-state index contributed by atoms with van der Waals surface area (Å²) in [5, 5.41) is 0. The molecule has 0 spiro atoms. The Hall–Kier alpha value is -3.93. The Labute approximate surface area is 361 Å². The van der Waals surface area contributed by atoms with Gasteiger partial charge in [-0.1, -0.05) is 175 Å². The molecule has 1 atom stereocenters. The van der Waals surface area contributed by atoms with Crippen LogP contribution in [0.5, 0.6) is 0 Å². The molecule has 0 aliphatic rings. The Kier molecular flexibility index (Phi) is 43.6. The van der Waals surface area contributed by atoms with Crippen molar-refractivity contribution in [2.75, 3.05) is 13.2 Å². The molecule has 0 N–H and O–H groups in total. The number of hydrogen-bond donors (Lipinski definition) is 0. The van der Waals surface area contributed by atoms with Crippen LogP contribution >= 0.6 is 0 Å². The van der Waals surface area contributed by atoms with Gasteiger partial charge in [0.1, 0.15) is 13.2 Å². The van der Waals surface area contributed by atoms with Gasteiger partial charge in [-0.05, 0) is 103 Å². The Bertz CT molecular complexity index is 1260. The molecule has 0 aliphatic heterocycles. The number of allylic oxidation sites excluding steroid dienone is 18. The molecule has 0 rings (SSSR count). The van der Waals surface area contributed by atoms with Crippen LogP contribution in [0.15, 0.2) is 109 Å². The third kappa shape index (κ3) is 45.0. The Morgan fingerprint density at radius 2 is 0.695 bits per heavy atom. The molecular formula is C53H84O6. The lowest BCUT2D eigenvalue weighted by molar-refractivity contribution is -0.166. The molecule has 0 radical (unpaired) electrons. The lowest BCUT2D eigenvalue weighted by Crippen LogP contribution is -2.30. The minimum atomic E-state index is -0.829. The summed E-state index contributed by atoms with van der Waals surface area (Å²) >= 11 is 0. The second kappa shape index (κ2) is 46.8. The lowest BCUT2D eigenvalue weighted by atomic mass is 10.1. The monoisotopic (exact) mass is 817 g/mol. The van der Waals surface area contributed by atoms with Crippen molar-refractivity contribution < 1.29 is 28.6 Å². The molecule has 1 unspecified atom stereocenters. The number of ether oxygens (including phenoxy) is 3. The zero-order chi connectivity index (χ0) is 43.0. The number of unbranched alkanes of at least 4 members (excludes halogenated alkanes) is 11. The van der Waals surface area contributed by atoms with Crippen LogP contribution < -0.4 is 0 Å². The van der Waals surface area contributed by atoms with Crippen LogP contribution in [0.2, 0.25) is 0 Å². The first-order valence-corrected chi connectivity index (χ1v) is 23.4. The fourth-order valence-corrected chi connectivity index (χ4v) is 5.78. The fourth-order valence-electron chi connectivity index (χ4n) is 5.78. The summed E-state index contributed by atoms with van der Waals surface area (Å²) in [5.74, 6) is -1.05. The molecule has 0 bridgehead atoms. The van der Waals surface area contributed by atoms with Crippen LogP contribution in [0.25, 0.3) is 0 Å². The maximum Gasteiger partial charge on any atom is 0.306 e. The second-order valence-electron chi connectivity index (χ2n) is 14.9. The molecule has 0 saturated carbocycles.